The fourth-order valence-electron chi connectivity index (χ4n) is 1.32. The van der Waals surface area contributed by atoms with E-state index in [-0.39, 0.29) is 31.0 Å². The Labute approximate surface area is 109 Å². The number of methoxy groups -OCH3 is 1. The number of nitrogens with one attached hydrogen (secondary N) is 1. The molecule has 0 saturated carbocycles. The number of rotatable bonds is 7. The van der Waals surface area contributed by atoms with E-state index in [4.69, 9.17) is 14.9 Å². The van der Waals surface area contributed by atoms with E-state index in [0.717, 1.165) is 4.68 Å². The molecule has 1 rings (SSSR count). The summed E-state index contributed by atoms with van der Waals surface area (Å²) in [5, 5.41) is 24.0. The van der Waals surface area contributed by atoms with Gasteiger partial charge in [-0.2, -0.15) is 5.10 Å². The molecule has 0 bridgehead atoms. The molecular weight excluding hydrogens is 254 g/mol. The number of hydrogen-bond acceptors (Lipinski definition) is 6. The fraction of sp³-hybridized carbons (Fsp3) is 0.545. The number of hydrogen-bond donors (Lipinski definition) is 3. The third-order valence-electron chi connectivity index (χ3n) is 2.38. The maximum atomic E-state index is 11.8. The molecule has 0 aromatic carbocycles. The smallest absolute Gasteiger partial charge is 0.272 e. The first-order valence-corrected chi connectivity index (χ1v) is 5.72. The molecule has 1 aromatic rings. The number of aromatic nitrogens is 2. The SMILES string of the molecule is COCCn1nc(C(=O)NC(CO)CO)ccc1=O. The van der Waals surface area contributed by atoms with Crippen molar-refractivity contribution in [3.05, 3.63) is 28.2 Å². The molecule has 1 heterocycles. The largest absolute Gasteiger partial charge is 0.394 e. The number of aliphatic hydroxyl groups is 2. The van der Waals surface area contributed by atoms with Crippen molar-refractivity contribution < 1.29 is 19.7 Å². The quantitative estimate of drug-likeness (QED) is 0.527. The van der Waals surface area contributed by atoms with Gasteiger partial charge in [-0.1, -0.05) is 0 Å². The van der Waals surface area contributed by atoms with Crippen LogP contribution in [0.15, 0.2) is 16.9 Å². The van der Waals surface area contributed by atoms with Gasteiger partial charge >= 0.3 is 0 Å². The maximum absolute atomic E-state index is 11.8. The highest BCUT2D eigenvalue weighted by Gasteiger charge is 2.14. The molecule has 0 atom stereocenters. The van der Waals surface area contributed by atoms with Crippen LogP contribution in [0.2, 0.25) is 0 Å². The zero-order valence-electron chi connectivity index (χ0n) is 10.6. The summed E-state index contributed by atoms with van der Waals surface area (Å²) in [6.07, 6.45) is 0. The summed E-state index contributed by atoms with van der Waals surface area (Å²) >= 11 is 0. The van der Waals surface area contributed by atoms with E-state index >= 15 is 0 Å². The van der Waals surface area contributed by atoms with Gasteiger partial charge in [0.15, 0.2) is 0 Å². The van der Waals surface area contributed by atoms with Gasteiger partial charge < -0.3 is 20.3 Å². The molecule has 106 valence electrons. The van der Waals surface area contributed by atoms with Crippen LogP contribution >= 0.6 is 0 Å². The van der Waals surface area contributed by atoms with Gasteiger partial charge in [0.05, 0.1) is 32.4 Å². The molecule has 8 heteroatoms. The summed E-state index contributed by atoms with van der Waals surface area (Å²) in [5.41, 5.74) is -0.308. The second-order valence-electron chi connectivity index (χ2n) is 3.81. The van der Waals surface area contributed by atoms with Crippen LogP contribution in [0.1, 0.15) is 10.5 Å². The Bertz CT molecular complexity index is 470. The molecule has 0 radical (unpaired) electrons. The minimum atomic E-state index is -0.756. The van der Waals surface area contributed by atoms with Crippen molar-refractivity contribution in [2.24, 2.45) is 0 Å². The second kappa shape index (κ2) is 7.62. The van der Waals surface area contributed by atoms with E-state index in [1.165, 1.54) is 19.2 Å². The van der Waals surface area contributed by atoms with E-state index in [2.05, 4.69) is 10.4 Å². The Morgan fingerprint density at radius 2 is 2.16 bits per heavy atom. The summed E-state index contributed by atoms with van der Waals surface area (Å²) in [5.74, 6) is -0.570. The lowest BCUT2D eigenvalue weighted by atomic mass is 10.3. The fourth-order valence-corrected chi connectivity index (χ4v) is 1.32. The molecule has 8 nitrogen and oxygen atoms in total. The molecule has 3 N–H and O–H groups in total. The zero-order valence-corrected chi connectivity index (χ0v) is 10.6. The second-order valence-corrected chi connectivity index (χ2v) is 3.81. The molecule has 0 aliphatic rings. The van der Waals surface area contributed by atoms with Crippen molar-refractivity contribution in [3.8, 4) is 0 Å². The van der Waals surface area contributed by atoms with Gasteiger partial charge in [0.1, 0.15) is 5.69 Å². The Hall–Kier alpha value is -1.77. The molecule has 1 amide bonds. The topological polar surface area (TPSA) is 114 Å². The van der Waals surface area contributed by atoms with Gasteiger partial charge in [0.2, 0.25) is 0 Å². The van der Waals surface area contributed by atoms with Gasteiger partial charge in [-0.15, -0.1) is 0 Å². The highest BCUT2D eigenvalue weighted by molar-refractivity contribution is 5.92. The Morgan fingerprint density at radius 1 is 1.47 bits per heavy atom. The number of aliphatic hydroxyl groups excluding tert-OH is 2. The minimum Gasteiger partial charge on any atom is -0.394 e. The third-order valence-corrected chi connectivity index (χ3v) is 2.38. The van der Waals surface area contributed by atoms with Crippen molar-refractivity contribution in [3.63, 3.8) is 0 Å². The van der Waals surface area contributed by atoms with E-state index in [9.17, 15) is 9.59 Å². The third kappa shape index (κ3) is 4.43. The molecule has 19 heavy (non-hydrogen) atoms. The molecule has 0 fully saturated rings. The molecule has 0 aliphatic heterocycles. The van der Waals surface area contributed by atoms with E-state index < -0.39 is 11.9 Å². The van der Waals surface area contributed by atoms with Crippen LogP contribution in [-0.2, 0) is 11.3 Å². The summed E-state index contributed by atoms with van der Waals surface area (Å²) in [6, 6.07) is 1.76. The van der Waals surface area contributed by atoms with E-state index in [0.29, 0.717) is 6.61 Å². The molecule has 0 aliphatic carbocycles. The van der Waals surface area contributed by atoms with Crippen molar-refractivity contribution in [2.75, 3.05) is 26.9 Å². The number of amides is 1. The van der Waals surface area contributed by atoms with Crippen LogP contribution in [0, 0.1) is 0 Å². The highest BCUT2D eigenvalue weighted by Crippen LogP contribution is 1.93. The first-order chi connectivity index (χ1) is 9.12. The lowest BCUT2D eigenvalue weighted by molar-refractivity contribution is 0.0871. The number of carbonyl (C=O) groups is 1. The molecule has 0 saturated heterocycles. The average Bonchev–Trinajstić information content (AvgIpc) is 2.43. The Balaban J connectivity index is 2.83. The van der Waals surface area contributed by atoms with Crippen LogP contribution in [0.3, 0.4) is 0 Å². The minimum absolute atomic E-state index is 0.0302. The molecule has 1 aromatic heterocycles. The van der Waals surface area contributed by atoms with Crippen LogP contribution < -0.4 is 10.9 Å². The summed E-state index contributed by atoms with van der Waals surface area (Å²) in [4.78, 5) is 23.2. The summed E-state index contributed by atoms with van der Waals surface area (Å²) in [6.45, 7) is -0.231. The van der Waals surface area contributed by atoms with E-state index in [1.807, 2.05) is 0 Å². The van der Waals surface area contributed by atoms with E-state index in [1.54, 1.807) is 0 Å². The van der Waals surface area contributed by atoms with Crippen LogP contribution in [0.5, 0.6) is 0 Å². The van der Waals surface area contributed by atoms with Crippen molar-refractivity contribution in [1.29, 1.82) is 0 Å². The lowest BCUT2D eigenvalue weighted by Gasteiger charge is -2.13. The van der Waals surface area contributed by atoms with Crippen molar-refractivity contribution >= 4 is 5.91 Å². The van der Waals surface area contributed by atoms with Crippen LogP contribution in [0.25, 0.3) is 0 Å². The Morgan fingerprint density at radius 3 is 2.74 bits per heavy atom. The molecule has 0 unspecified atom stereocenters. The van der Waals surface area contributed by atoms with Gasteiger partial charge in [0, 0.05) is 13.2 Å². The monoisotopic (exact) mass is 271 g/mol. The number of nitrogens with zero attached hydrogens (tertiary/aromatic N) is 2. The Kier molecular flexibility index (Phi) is 6.13. The average molecular weight is 271 g/mol. The van der Waals surface area contributed by atoms with Gasteiger partial charge in [-0.05, 0) is 6.07 Å². The standard InChI is InChI=1S/C11H17N3O5/c1-19-5-4-14-10(17)3-2-9(13-14)11(18)12-8(6-15)7-16/h2-3,8,15-16H,4-7H2,1H3,(H,12,18). The zero-order chi connectivity index (χ0) is 14.3. The molecule has 0 spiro atoms. The predicted molar refractivity (Wildman–Crippen MR) is 65.8 cm³/mol. The predicted octanol–water partition coefficient (Wildman–Crippen LogP) is -2.03. The van der Waals surface area contributed by atoms with Gasteiger partial charge in [-0.3, -0.25) is 9.59 Å². The normalized spacial score (nSPS) is 10.7. The first-order valence-electron chi connectivity index (χ1n) is 5.72. The first kappa shape index (κ1) is 15.3. The van der Waals surface area contributed by atoms with Gasteiger partial charge in [-0.25, -0.2) is 4.68 Å². The number of ether oxygens (including phenoxy) is 1. The van der Waals surface area contributed by atoms with Crippen molar-refractivity contribution in [2.45, 2.75) is 12.6 Å². The summed E-state index contributed by atoms with van der Waals surface area (Å²) < 4.78 is 5.95. The summed E-state index contributed by atoms with van der Waals surface area (Å²) in [7, 11) is 1.49. The van der Waals surface area contributed by atoms with Crippen LogP contribution in [-0.4, -0.2) is 58.9 Å². The number of carbonyl (C=O) groups excluding carboxylic acids is 1. The van der Waals surface area contributed by atoms with Crippen LogP contribution in [0.4, 0.5) is 0 Å². The molecular formula is C11H17N3O5. The highest BCUT2D eigenvalue weighted by atomic mass is 16.5. The lowest BCUT2D eigenvalue weighted by Crippen LogP contribution is -2.41. The van der Waals surface area contributed by atoms with Gasteiger partial charge in [0.25, 0.3) is 11.5 Å². The van der Waals surface area contributed by atoms with Crippen molar-refractivity contribution in [1.82, 2.24) is 15.1 Å². The maximum Gasteiger partial charge on any atom is 0.272 e.